The van der Waals surface area contributed by atoms with E-state index in [2.05, 4.69) is 0 Å². The van der Waals surface area contributed by atoms with Gasteiger partial charge < -0.3 is 9.52 Å². The van der Waals surface area contributed by atoms with Crippen LogP contribution in [0.25, 0.3) is 0 Å². The van der Waals surface area contributed by atoms with Gasteiger partial charge in [0, 0.05) is 0 Å². The molecule has 2 aromatic rings. The van der Waals surface area contributed by atoms with Gasteiger partial charge in [0.2, 0.25) is 5.78 Å². The fourth-order valence-corrected chi connectivity index (χ4v) is 1.78. The molecule has 0 spiro atoms. The van der Waals surface area contributed by atoms with Crippen molar-refractivity contribution >= 4 is 11.8 Å². The van der Waals surface area contributed by atoms with Crippen molar-refractivity contribution in [1.82, 2.24) is 0 Å². The minimum absolute atomic E-state index is 0.0451. The maximum absolute atomic E-state index is 12.3. The highest BCUT2D eigenvalue weighted by Gasteiger charge is 2.44. The maximum Gasteiger partial charge on any atom is 0.321 e. The van der Waals surface area contributed by atoms with Crippen LogP contribution in [0.5, 0.6) is 0 Å². The van der Waals surface area contributed by atoms with Crippen LogP contribution in [-0.4, -0.2) is 16.9 Å². The van der Waals surface area contributed by atoms with Crippen LogP contribution in [0.4, 0.5) is 0 Å². The molecule has 1 atom stereocenters. The Morgan fingerprint density at radius 2 is 1.78 bits per heavy atom. The van der Waals surface area contributed by atoms with Gasteiger partial charge in [-0.3, -0.25) is 9.59 Å². The van der Waals surface area contributed by atoms with Crippen molar-refractivity contribution in [3.8, 4) is 0 Å². The zero-order valence-corrected chi connectivity index (χ0v) is 9.79. The highest BCUT2D eigenvalue weighted by molar-refractivity contribution is 6.15. The molecule has 1 unspecified atom stereocenters. The van der Waals surface area contributed by atoms with Gasteiger partial charge in [0.25, 0.3) is 0 Å². The molecule has 0 aliphatic rings. The molecule has 2 rings (SSSR count). The Bertz CT molecular complexity index is 557. The predicted octanol–water partition coefficient (Wildman–Crippen LogP) is 2.50. The summed E-state index contributed by atoms with van der Waals surface area (Å²) in [6.07, 6.45) is 1.35. The smallest absolute Gasteiger partial charge is 0.321 e. The molecule has 92 valence electrons. The van der Waals surface area contributed by atoms with Gasteiger partial charge in [-0.05, 0) is 24.6 Å². The summed E-state index contributed by atoms with van der Waals surface area (Å²) in [6, 6.07) is 11.4. The molecule has 4 nitrogen and oxygen atoms in total. The molecule has 0 bridgehead atoms. The lowest BCUT2D eigenvalue weighted by Crippen LogP contribution is -2.40. The van der Waals surface area contributed by atoms with E-state index in [-0.39, 0.29) is 5.76 Å². The number of rotatable bonds is 4. The fraction of sp³-hybridized carbons (Fsp3) is 0.143. The molecule has 1 N–H and O–H groups in total. The zero-order valence-electron chi connectivity index (χ0n) is 9.79. The average molecular weight is 244 g/mol. The number of carbonyl (C=O) groups is 2. The van der Waals surface area contributed by atoms with Gasteiger partial charge in [-0.1, -0.05) is 30.3 Å². The number of carboxylic acid groups (broad SMARTS) is 1. The molecule has 0 aliphatic carbocycles. The molecule has 1 heterocycles. The number of carbonyl (C=O) groups excluding carboxylic acids is 1. The number of furan rings is 1. The van der Waals surface area contributed by atoms with Crippen LogP contribution in [0, 0.1) is 0 Å². The van der Waals surface area contributed by atoms with Crippen LogP contribution in [0.2, 0.25) is 0 Å². The lowest BCUT2D eigenvalue weighted by Gasteiger charge is -2.22. The van der Waals surface area contributed by atoms with Crippen molar-refractivity contribution in [2.75, 3.05) is 0 Å². The van der Waals surface area contributed by atoms with E-state index >= 15 is 0 Å². The third-order valence-corrected chi connectivity index (χ3v) is 2.98. The summed E-state index contributed by atoms with van der Waals surface area (Å²) in [5, 5.41) is 9.39. The number of hydrogen-bond donors (Lipinski definition) is 1. The number of aliphatic carboxylic acids is 1. The summed E-state index contributed by atoms with van der Waals surface area (Å²) < 4.78 is 5.00. The van der Waals surface area contributed by atoms with Gasteiger partial charge in [0.15, 0.2) is 11.2 Å². The van der Waals surface area contributed by atoms with Crippen LogP contribution in [-0.2, 0) is 10.2 Å². The average Bonchev–Trinajstić information content (AvgIpc) is 2.91. The molecule has 0 saturated carbocycles. The van der Waals surface area contributed by atoms with Crippen molar-refractivity contribution in [3.05, 3.63) is 60.1 Å². The van der Waals surface area contributed by atoms with Crippen molar-refractivity contribution in [2.45, 2.75) is 12.3 Å². The van der Waals surface area contributed by atoms with E-state index in [0.717, 1.165) is 0 Å². The van der Waals surface area contributed by atoms with Crippen LogP contribution < -0.4 is 0 Å². The van der Waals surface area contributed by atoms with Gasteiger partial charge in [-0.25, -0.2) is 0 Å². The molecule has 0 saturated heterocycles. The monoisotopic (exact) mass is 244 g/mol. The Balaban J connectivity index is 2.52. The first kappa shape index (κ1) is 12.1. The number of ketones is 1. The topological polar surface area (TPSA) is 67.5 Å². The van der Waals surface area contributed by atoms with Gasteiger partial charge in [0.1, 0.15) is 0 Å². The summed E-state index contributed by atoms with van der Waals surface area (Å²) in [4.78, 5) is 23.8. The number of benzene rings is 1. The van der Waals surface area contributed by atoms with Crippen LogP contribution >= 0.6 is 0 Å². The summed E-state index contributed by atoms with van der Waals surface area (Å²) >= 11 is 0. The third-order valence-electron chi connectivity index (χ3n) is 2.98. The second-order valence-corrected chi connectivity index (χ2v) is 4.10. The SMILES string of the molecule is CC(C(=O)O)(C(=O)c1ccco1)c1ccccc1. The van der Waals surface area contributed by atoms with Gasteiger partial charge in [0.05, 0.1) is 6.26 Å². The summed E-state index contributed by atoms with van der Waals surface area (Å²) in [5.41, 5.74) is -1.21. The molecular formula is C14H12O4. The molecule has 1 aromatic carbocycles. The Morgan fingerprint density at radius 3 is 2.28 bits per heavy atom. The minimum atomic E-state index is -1.64. The first-order valence-electron chi connectivity index (χ1n) is 5.44. The zero-order chi connectivity index (χ0) is 13.2. The first-order valence-corrected chi connectivity index (χ1v) is 5.44. The van der Waals surface area contributed by atoms with E-state index in [4.69, 9.17) is 4.42 Å². The number of hydrogen-bond acceptors (Lipinski definition) is 3. The fourth-order valence-electron chi connectivity index (χ4n) is 1.78. The molecular weight excluding hydrogens is 232 g/mol. The lowest BCUT2D eigenvalue weighted by molar-refractivity contribution is -0.141. The lowest BCUT2D eigenvalue weighted by atomic mass is 9.78. The largest absolute Gasteiger partial charge is 0.480 e. The highest BCUT2D eigenvalue weighted by Crippen LogP contribution is 2.28. The quantitative estimate of drug-likeness (QED) is 0.662. The molecule has 4 heteroatoms. The van der Waals surface area contributed by atoms with Crippen molar-refractivity contribution in [1.29, 1.82) is 0 Å². The molecule has 0 aliphatic heterocycles. The van der Waals surface area contributed by atoms with E-state index in [1.165, 1.54) is 19.3 Å². The molecule has 1 aromatic heterocycles. The number of carboxylic acids is 1. The van der Waals surface area contributed by atoms with Crippen LogP contribution in [0.15, 0.2) is 53.1 Å². The van der Waals surface area contributed by atoms with E-state index in [1.54, 1.807) is 36.4 Å². The van der Waals surface area contributed by atoms with Crippen molar-refractivity contribution in [2.24, 2.45) is 0 Å². The summed E-state index contributed by atoms with van der Waals surface area (Å²) in [7, 11) is 0. The van der Waals surface area contributed by atoms with E-state index in [0.29, 0.717) is 5.56 Å². The minimum Gasteiger partial charge on any atom is -0.480 e. The summed E-state index contributed by atoms with van der Waals surface area (Å²) in [6.45, 7) is 1.38. The van der Waals surface area contributed by atoms with Crippen molar-refractivity contribution in [3.63, 3.8) is 0 Å². The normalized spacial score (nSPS) is 13.8. The first-order chi connectivity index (χ1) is 8.56. The second-order valence-electron chi connectivity index (χ2n) is 4.10. The Morgan fingerprint density at radius 1 is 1.11 bits per heavy atom. The van der Waals surface area contributed by atoms with E-state index in [1.807, 2.05) is 0 Å². The van der Waals surface area contributed by atoms with Gasteiger partial charge in [-0.15, -0.1) is 0 Å². The Kier molecular flexibility index (Phi) is 3.02. The highest BCUT2D eigenvalue weighted by atomic mass is 16.4. The number of Topliss-reactive ketones (excluding diaryl/α,β-unsaturated/α-hetero) is 1. The maximum atomic E-state index is 12.3. The van der Waals surface area contributed by atoms with E-state index in [9.17, 15) is 14.7 Å². The third kappa shape index (κ3) is 1.82. The second kappa shape index (κ2) is 4.49. The van der Waals surface area contributed by atoms with Gasteiger partial charge >= 0.3 is 5.97 Å². The predicted molar refractivity (Wildman–Crippen MR) is 64.5 cm³/mol. The van der Waals surface area contributed by atoms with Crippen molar-refractivity contribution < 1.29 is 19.1 Å². The molecule has 0 fully saturated rings. The van der Waals surface area contributed by atoms with Crippen LogP contribution in [0.3, 0.4) is 0 Å². The van der Waals surface area contributed by atoms with Crippen LogP contribution in [0.1, 0.15) is 23.0 Å². The summed E-state index contributed by atoms with van der Waals surface area (Å²) in [5.74, 6) is -1.72. The van der Waals surface area contributed by atoms with E-state index < -0.39 is 17.2 Å². The molecule has 0 radical (unpaired) electrons. The molecule has 0 amide bonds. The Hall–Kier alpha value is -2.36. The standard InChI is InChI=1S/C14H12O4/c1-14(13(16)17,10-6-3-2-4-7-10)12(15)11-8-5-9-18-11/h2-9H,1H3,(H,16,17). The molecule has 18 heavy (non-hydrogen) atoms. The Labute approximate surface area is 104 Å². The van der Waals surface area contributed by atoms with Gasteiger partial charge in [-0.2, -0.15) is 0 Å².